The maximum absolute atomic E-state index is 13.2. The largest absolute Gasteiger partial charge is 0.493 e. The number of aromatic nitrogens is 1. The van der Waals surface area contributed by atoms with E-state index in [0.29, 0.717) is 17.1 Å². The summed E-state index contributed by atoms with van der Waals surface area (Å²) in [5.74, 6) is -0.227. The Kier molecular flexibility index (Phi) is 6.28. The van der Waals surface area contributed by atoms with E-state index in [0.717, 1.165) is 12.3 Å². The zero-order chi connectivity index (χ0) is 21.5. The average Bonchev–Trinajstić information content (AvgIpc) is 2.75. The van der Waals surface area contributed by atoms with Crippen LogP contribution in [0.5, 0.6) is 17.4 Å². The van der Waals surface area contributed by atoms with E-state index in [2.05, 4.69) is 15.5 Å². The highest BCUT2D eigenvalue weighted by molar-refractivity contribution is 5.94. The van der Waals surface area contributed by atoms with Crippen molar-refractivity contribution >= 4 is 17.8 Å². The molecule has 0 aliphatic carbocycles. The van der Waals surface area contributed by atoms with Crippen molar-refractivity contribution in [2.45, 2.75) is 0 Å². The molecule has 0 saturated heterocycles. The van der Waals surface area contributed by atoms with Crippen LogP contribution in [0.2, 0.25) is 0 Å². The summed E-state index contributed by atoms with van der Waals surface area (Å²) in [6.07, 6.45) is 2.47. The molecule has 0 saturated carbocycles. The predicted octanol–water partition coefficient (Wildman–Crippen LogP) is 3.69. The van der Waals surface area contributed by atoms with Crippen LogP contribution in [0.3, 0.4) is 0 Å². The lowest BCUT2D eigenvalue weighted by Crippen LogP contribution is -2.17. The Hall–Kier alpha value is -4.34. The van der Waals surface area contributed by atoms with E-state index < -0.39 is 16.6 Å². The van der Waals surface area contributed by atoms with Gasteiger partial charge in [0.15, 0.2) is 11.5 Å². The molecule has 1 amide bonds. The van der Waals surface area contributed by atoms with Gasteiger partial charge in [0.25, 0.3) is 11.6 Å². The van der Waals surface area contributed by atoms with E-state index >= 15 is 0 Å². The molecule has 0 fully saturated rings. The van der Waals surface area contributed by atoms with Gasteiger partial charge in [-0.2, -0.15) is 5.10 Å². The molecule has 152 valence electrons. The second kappa shape index (κ2) is 9.24. The summed E-state index contributed by atoms with van der Waals surface area (Å²) in [5.41, 5.74) is 2.89. The van der Waals surface area contributed by atoms with Crippen molar-refractivity contribution in [1.29, 1.82) is 0 Å². The maximum Gasteiger partial charge on any atom is 0.287 e. The highest BCUT2D eigenvalue weighted by Crippen LogP contribution is 2.31. The summed E-state index contributed by atoms with van der Waals surface area (Å²) in [7, 11) is 1.44. The summed E-state index contributed by atoms with van der Waals surface area (Å²) >= 11 is 0. The van der Waals surface area contributed by atoms with Crippen LogP contribution in [-0.2, 0) is 0 Å². The quantitative estimate of drug-likeness (QED) is 0.361. The lowest BCUT2D eigenvalue weighted by atomic mass is 10.2. The van der Waals surface area contributed by atoms with Gasteiger partial charge < -0.3 is 9.47 Å². The van der Waals surface area contributed by atoms with E-state index in [-0.39, 0.29) is 17.1 Å². The molecular formula is C20H15FN4O5. The first-order valence-corrected chi connectivity index (χ1v) is 8.51. The molecule has 3 rings (SSSR count). The Labute approximate surface area is 169 Å². The molecule has 0 atom stereocenters. The first-order valence-electron chi connectivity index (χ1n) is 8.51. The van der Waals surface area contributed by atoms with Crippen LogP contribution in [0, 0.1) is 15.9 Å². The Balaban J connectivity index is 1.68. The van der Waals surface area contributed by atoms with Gasteiger partial charge >= 0.3 is 0 Å². The second-order valence-electron chi connectivity index (χ2n) is 5.83. The number of hydrogen-bond donors (Lipinski definition) is 1. The molecule has 3 aromatic rings. The van der Waals surface area contributed by atoms with E-state index in [9.17, 15) is 19.3 Å². The number of amides is 1. The molecule has 2 aromatic carbocycles. The molecular weight excluding hydrogens is 395 g/mol. The van der Waals surface area contributed by atoms with Crippen molar-refractivity contribution in [1.82, 2.24) is 10.4 Å². The Morgan fingerprint density at radius 3 is 2.70 bits per heavy atom. The van der Waals surface area contributed by atoms with Gasteiger partial charge in [-0.15, -0.1) is 0 Å². The summed E-state index contributed by atoms with van der Waals surface area (Å²) in [5, 5.41) is 14.5. The number of carbonyl (C=O) groups excluding carboxylic acids is 1. The van der Waals surface area contributed by atoms with Gasteiger partial charge in [0.1, 0.15) is 12.0 Å². The van der Waals surface area contributed by atoms with Crippen molar-refractivity contribution in [3.8, 4) is 17.4 Å². The highest BCUT2D eigenvalue weighted by Gasteiger charge is 2.10. The zero-order valence-electron chi connectivity index (χ0n) is 15.6. The Morgan fingerprint density at radius 2 is 2.03 bits per heavy atom. The molecule has 0 aliphatic rings. The summed E-state index contributed by atoms with van der Waals surface area (Å²) in [6, 6.07) is 12.7. The normalized spacial score (nSPS) is 10.6. The van der Waals surface area contributed by atoms with Gasteiger partial charge in [0.2, 0.25) is 5.88 Å². The van der Waals surface area contributed by atoms with Crippen LogP contribution < -0.4 is 14.9 Å². The first-order chi connectivity index (χ1) is 14.5. The zero-order valence-corrected chi connectivity index (χ0v) is 15.6. The van der Waals surface area contributed by atoms with Crippen LogP contribution in [0.1, 0.15) is 15.9 Å². The minimum Gasteiger partial charge on any atom is -0.493 e. The standard InChI is InChI=1S/C20H15FN4O5/c1-29-18-9-13(11-23-24-20(26)14-3-2-4-15(21)10-14)5-7-17(18)30-19-8-6-16(12-22-19)25(27)28/h2-12H,1H3,(H,24,26)/b23-11+. The smallest absolute Gasteiger partial charge is 0.287 e. The van der Waals surface area contributed by atoms with Crippen molar-refractivity contribution < 1.29 is 23.6 Å². The fourth-order valence-corrected chi connectivity index (χ4v) is 2.36. The summed E-state index contributed by atoms with van der Waals surface area (Å²) < 4.78 is 24.0. The summed E-state index contributed by atoms with van der Waals surface area (Å²) in [4.78, 5) is 26.0. The molecule has 0 aliphatic heterocycles. The Bertz CT molecular complexity index is 1100. The van der Waals surface area contributed by atoms with Gasteiger partial charge in [0, 0.05) is 17.7 Å². The van der Waals surface area contributed by atoms with Gasteiger partial charge in [-0.1, -0.05) is 6.07 Å². The number of hydrogen-bond acceptors (Lipinski definition) is 7. The molecule has 0 bridgehead atoms. The number of methoxy groups -OCH3 is 1. The third-order valence-corrected chi connectivity index (χ3v) is 3.80. The van der Waals surface area contributed by atoms with E-state index in [1.165, 1.54) is 43.7 Å². The van der Waals surface area contributed by atoms with Gasteiger partial charge in [-0.25, -0.2) is 14.8 Å². The number of nitrogens with zero attached hydrogens (tertiary/aromatic N) is 3. The number of pyridine rings is 1. The molecule has 9 nitrogen and oxygen atoms in total. The lowest BCUT2D eigenvalue weighted by molar-refractivity contribution is -0.385. The van der Waals surface area contributed by atoms with Crippen molar-refractivity contribution in [2.24, 2.45) is 5.10 Å². The minimum atomic E-state index is -0.557. The predicted molar refractivity (Wildman–Crippen MR) is 105 cm³/mol. The number of rotatable bonds is 7. The van der Waals surface area contributed by atoms with Crippen LogP contribution in [0.4, 0.5) is 10.1 Å². The average molecular weight is 410 g/mol. The fourth-order valence-electron chi connectivity index (χ4n) is 2.36. The minimum absolute atomic E-state index is 0.143. The van der Waals surface area contributed by atoms with Gasteiger partial charge in [0.05, 0.1) is 18.2 Å². The highest BCUT2D eigenvalue weighted by atomic mass is 19.1. The fraction of sp³-hybridized carbons (Fsp3) is 0.0500. The third-order valence-electron chi connectivity index (χ3n) is 3.80. The molecule has 1 N–H and O–H groups in total. The Morgan fingerprint density at radius 1 is 1.20 bits per heavy atom. The topological polar surface area (TPSA) is 116 Å². The third kappa shape index (κ3) is 5.13. The van der Waals surface area contributed by atoms with E-state index in [1.807, 2.05) is 0 Å². The molecule has 1 heterocycles. The summed E-state index contributed by atoms with van der Waals surface area (Å²) in [6.45, 7) is 0. The van der Waals surface area contributed by atoms with Crippen LogP contribution in [-0.4, -0.2) is 29.1 Å². The number of nitrogens with one attached hydrogen (secondary N) is 1. The molecule has 10 heteroatoms. The van der Waals surface area contributed by atoms with Crippen LogP contribution in [0.15, 0.2) is 65.9 Å². The van der Waals surface area contributed by atoms with Gasteiger partial charge in [-0.05, 0) is 42.0 Å². The molecule has 1 aromatic heterocycles. The SMILES string of the molecule is COc1cc(/C=N/NC(=O)c2cccc(F)c2)ccc1Oc1ccc([N+](=O)[O-])cn1. The molecule has 0 radical (unpaired) electrons. The number of hydrazone groups is 1. The van der Waals surface area contributed by atoms with Crippen LogP contribution >= 0.6 is 0 Å². The van der Waals surface area contributed by atoms with Crippen molar-refractivity contribution in [3.63, 3.8) is 0 Å². The lowest BCUT2D eigenvalue weighted by Gasteiger charge is -2.10. The van der Waals surface area contributed by atoms with E-state index in [4.69, 9.17) is 9.47 Å². The number of benzene rings is 2. The van der Waals surface area contributed by atoms with Crippen LogP contribution in [0.25, 0.3) is 0 Å². The number of nitro groups is 1. The monoisotopic (exact) mass is 410 g/mol. The van der Waals surface area contributed by atoms with Gasteiger partial charge in [-0.3, -0.25) is 14.9 Å². The molecule has 0 spiro atoms. The van der Waals surface area contributed by atoms with Crippen molar-refractivity contribution in [3.05, 3.63) is 87.9 Å². The molecule has 30 heavy (non-hydrogen) atoms. The maximum atomic E-state index is 13.2. The van der Waals surface area contributed by atoms with E-state index in [1.54, 1.807) is 18.2 Å². The second-order valence-corrected chi connectivity index (χ2v) is 5.83. The molecule has 0 unspecified atom stereocenters. The first kappa shape index (κ1) is 20.4. The number of carbonyl (C=O) groups is 1. The number of ether oxygens (including phenoxy) is 2. The van der Waals surface area contributed by atoms with Crippen molar-refractivity contribution in [2.75, 3.05) is 7.11 Å². The number of halogens is 1.